The second kappa shape index (κ2) is 3.56. The van der Waals surface area contributed by atoms with Gasteiger partial charge in [-0.3, -0.25) is 4.99 Å². The first-order valence-corrected chi connectivity index (χ1v) is 5.04. The summed E-state index contributed by atoms with van der Waals surface area (Å²) in [6.07, 6.45) is 2.43. The van der Waals surface area contributed by atoms with Crippen LogP contribution >= 0.6 is 0 Å². The number of hydrogen-bond donors (Lipinski definition) is 1. The maximum absolute atomic E-state index is 5.93. The van der Waals surface area contributed by atoms with E-state index in [1.54, 1.807) is 0 Å². The van der Waals surface area contributed by atoms with Crippen molar-refractivity contribution in [3.05, 3.63) is 0 Å². The summed E-state index contributed by atoms with van der Waals surface area (Å²) in [5, 5.41) is 0. The van der Waals surface area contributed by atoms with E-state index in [2.05, 4.69) is 37.6 Å². The number of guanidine groups is 1. The maximum Gasteiger partial charge on any atom is 0.191 e. The van der Waals surface area contributed by atoms with Crippen LogP contribution in [-0.4, -0.2) is 29.0 Å². The number of likely N-dealkylation sites (tertiary alicyclic amines) is 1. The highest BCUT2D eigenvalue weighted by Crippen LogP contribution is 2.27. The lowest BCUT2D eigenvalue weighted by Crippen LogP contribution is -2.47. The van der Waals surface area contributed by atoms with Gasteiger partial charge in [-0.05, 0) is 40.5 Å². The molecule has 0 atom stereocenters. The highest BCUT2D eigenvalue weighted by molar-refractivity contribution is 5.79. The van der Waals surface area contributed by atoms with E-state index in [1.165, 1.54) is 12.8 Å². The van der Waals surface area contributed by atoms with Gasteiger partial charge in [0.2, 0.25) is 0 Å². The second-order valence-corrected chi connectivity index (χ2v) is 4.65. The molecule has 0 spiro atoms. The van der Waals surface area contributed by atoms with Gasteiger partial charge in [-0.1, -0.05) is 0 Å². The van der Waals surface area contributed by atoms with Crippen LogP contribution in [0.2, 0.25) is 0 Å². The molecule has 0 bridgehead atoms. The molecule has 0 unspecified atom stereocenters. The summed E-state index contributed by atoms with van der Waals surface area (Å²) in [4.78, 5) is 6.59. The lowest BCUT2D eigenvalue weighted by Gasteiger charge is -2.32. The smallest absolute Gasteiger partial charge is 0.191 e. The summed E-state index contributed by atoms with van der Waals surface area (Å²) < 4.78 is 0. The van der Waals surface area contributed by atoms with Crippen LogP contribution in [0.25, 0.3) is 0 Å². The summed E-state index contributed by atoms with van der Waals surface area (Å²) in [5.41, 5.74) is 6.13. The first kappa shape index (κ1) is 10.4. The van der Waals surface area contributed by atoms with Crippen LogP contribution in [-0.2, 0) is 0 Å². The lowest BCUT2D eigenvalue weighted by molar-refractivity contribution is 0.277. The van der Waals surface area contributed by atoms with Crippen LogP contribution < -0.4 is 5.73 Å². The third kappa shape index (κ3) is 2.36. The zero-order valence-electron chi connectivity index (χ0n) is 9.17. The van der Waals surface area contributed by atoms with Gasteiger partial charge in [0.15, 0.2) is 5.96 Å². The fourth-order valence-corrected chi connectivity index (χ4v) is 1.87. The summed E-state index contributed by atoms with van der Waals surface area (Å²) in [6.45, 7) is 9.60. The van der Waals surface area contributed by atoms with Crippen molar-refractivity contribution in [3.63, 3.8) is 0 Å². The molecule has 0 aromatic rings. The van der Waals surface area contributed by atoms with E-state index in [4.69, 9.17) is 5.73 Å². The Morgan fingerprint density at radius 2 is 2.08 bits per heavy atom. The van der Waals surface area contributed by atoms with Gasteiger partial charge in [-0.15, -0.1) is 0 Å². The Labute approximate surface area is 81.0 Å². The Kier molecular flexibility index (Phi) is 2.84. The Bertz CT molecular complexity index is 206. The van der Waals surface area contributed by atoms with Crippen LogP contribution in [0.1, 0.15) is 40.5 Å². The van der Waals surface area contributed by atoms with Crippen molar-refractivity contribution < 1.29 is 0 Å². The van der Waals surface area contributed by atoms with Gasteiger partial charge in [0, 0.05) is 18.1 Å². The first-order chi connectivity index (χ1) is 5.93. The summed E-state index contributed by atoms with van der Waals surface area (Å²) >= 11 is 0. The molecule has 3 nitrogen and oxygen atoms in total. The molecule has 1 aliphatic rings. The minimum atomic E-state index is 0.197. The molecule has 2 N–H and O–H groups in total. The molecule has 0 radical (unpaired) electrons. The molecule has 1 heterocycles. The molecule has 1 aliphatic heterocycles. The fourth-order valence-electron chi connectivity index (χ4n) is 1.87. The zero-order chi connectivity index (χ0) is 10.1. The quantitative estimate of drug-likeness (QED) is 0.495. The van der Waals surface area contributed by atoms with E-state index in [0.717, 1.165) is 6.54 Å². The van der Waals surface area contributed by atoms with Crippen LogP contribution in [0.5, 0.6) is 0 Å². The zero-order valence-corrected chi connectivity index (χ0v) is 9.17. The van der Waals surface area contributed by atoms with Crippen LogP contribution in [0, 0.1) is 0 Å². The molecule has 1 fully saturated rings. The van der Waals surface area contributed by atoms with Crippen LogP contribution in [0.3, 0.4) is 0 Å². The van der Waals surface area contributed by atoms with E-state index < -0.39 is 0 Å². The van der Waals surface area contributed by atoms with E-state index >= 15 is 0 Å². The van der Waals surface area contributed by atoms with Gasteiger partial charge in [0.25, 0.3) is 0 Å². The van der Waals surface area contributed by atoms with Gasteiger partial charge in [-0.2, -0.15) is 0 Å². The van der Waals surface area contributed by atoms with Gasteiger partial charge in [-0.25, -0.2) is 0 Å². The molecule has 13 heavy (non-hydrogen) atoms. The normalized spacial score (nSPS) is 22.8. The minimum absolute atomic E-state index is 0.197. The molecule has 0 saturated carbocycles. The topological polar surface area (TPSA) is 41.6 Å². The van der Waals surface area contributed by atoms with Gasteiger partial charge in [0.1, 0.15) is 0 Å². The fraction of sp³-hybridized carbons (Fsp3) is 0.900. The van der Waals surface area contributed by atoms with Crippen molar-refractivity contribution in [3.8, 4) is 0 Å². The highest BCUT2D eigenvalue weighted by atomic mass is 15.3. The Morgan fingerprint density at radius 3 is 2.46 bits per heavy atom. The van der Waals surface area contributed by atoms with Crippen LogP contribution in [0.4, 0.5) is 0 Å². The van der Waals surface area contributed by atoms with E-state index in [0.29, 0.717) is 5.96 Å². The number of hydrogen-bond acceptors (Lipinski definition) is 1. The molecule has 3 heteroatoms. The Hall–Kier alpha value is -0.730. The first-order valence-electron chi connectivity index (χ1n) is 5.04. The molecule has 0 aromatic heterocycles. The third-order valence-electron chi connectivity index (χ3n) is 2.57. The summed E-state index contributed by atoms with van der Waals surface area (Å²) in [5.74, 6) is 0.706. The summed E-state index contributed by atoms with van der Waals surface area (Å²) in [6, 6.07) is 0.288. The van der Waals surface area contributed by atoms with Crippen molar-refractivity contribution in [2.45, 2.75) is 52.1 Å². The van der Waals surface area contributed by atoms with Crippen molar-refractivity contribution in [2.75, 3.05) is 6.54 Å². The number of rotatable bonds is 1. The van der Waals surface area contributed by atoms with E-state index in [1.807, 2.05) is 0 Å². The van der Waals surface area contributed by atoms with Crippen molar-refractivity contribution in [1.82, 2.24) is 4.90 Å². The molecular weight excluding hydrogens is 162 g/mol. The monoisotopic (exact) mass is 183 g/mol. The number of nitrogens with two attached hydrogens (primary N) is 1. The van der Waals surface area contributed by atoms with Crippen molar-refractivity contribution in [2.24, 2.45) is 10.7 Å². The van der Waals surface area contributed by atoms with Gasteiger partial charge < -0.3 is 10.6 Å². The van der Waals surface area contributed by atoms with Gasteiger partial charge >= 0.3 is 0 Å². The van der Waals surface area contributed by atoms with E-state index in [-0.39, 0.29) is 11.6 Å². The minimum Gasteiger partial charge on any atom is -0.370 e. The van der Waals surface area contributed by atoms with E-state index in [9.17, 15) is 0 Å². The Morgan fingerprint density at radius 1 is 1.46 bits per heavy atom. The van der Waals surface area contributed by atoms with Crippen molar-refractivity contribution in [1.29, 1.82) is 0 Å². The second-order valence-electron chi connectivity index (χ2n) is 4.65. The molecule has 0 aromatic carbocycles. The maximum atomic E-state index is 5.93. The number of aliphatic imine (C=N–C) groups is 1. The molecule has 1 saturated heterocycles. The predicted octanol–water partition coefficient (Wildman–Crippen LogP) is 1.58. The van der Waals surface area contributed by atoms with Crippen LogP contribution in [0.15, 0.2) is 4.99 Å². The molecule has 0 aliphatic carbocycles. The standard InChI is InChI=1S/C10H21N3/c1-8(2)12-9(11)13-7-5-6-10(13,3)4/h8H,5-7H2,1-4H3,(H2,11,12). The van der Waals surface area contributed by atoms with Crippen molar-refractivity contribution >= 4 is 5.96 Å². The predicted molar refractivity (Wildman–Crippen MR) is 56.8 cm³/mol. The molecule has 76 valence electrons. The molecule has 1 rings (SSSR count). The number of nitrogens with zero attached hydrogens (tertiary/aromatic N) is 2. The summed E-state index contributed by atoms with van der Waals surface area (Å²) in [7, 11) is 0. The average molecular weight is 183 g/mol. The SMILES string of the molecule is CC(C)N=C(N)N1CCCC1(C)C. The average Bonchev–Trinajstić information content (AvgIpc) is 2.27. The highest BCUT2D eigenvalue weighted by Gasteiger charge is 2.33. The third-order valence-corrected chi connectivity index (χ3v) is 2.57. The molecule has 0 amide bonds. The van der Waals surface area contributed by atoms with Gasteiger partial charge in [0.05, 0.1) is 0 Å². The largest absolute Gasteiger partial charge is 0.370 e. The Balaban J connectivity index is 2.71. The molecular formula is C10H21N3. The lowest BCUT2D eigenvalue weighted by atomic mass is 10.0.